The van der Waals surface area contributed by atoms with E-state index in [1.165, 1.54) is 18.3 Å². The summed E-state index contributed by atoms with van der Waals surface area (Å²) in [5.74, 6) is -1.94. The minimum Gasteiger partial charge on any atom is -0.378 e. The largest absolute Gasteiger partial charge is 0.378 e. The Morgan fingerprint density at radius 1 is 1.17 bits per heavy atom. The van der Waals surface area contributed by atoms with E-state index >= 15 is 0 Å². The second kappa shape index (κ2) is 8.94. The second-order valence-corrected chi connectivity index (χ2v) is 7.86. The summed E-state index contributed by atoms with van der Waals surface area (Å²) in [5, 5.41) is 2.46. The molecule has 2 atom stereocenters. The van der Waals surface area contributed by atoms with Crippen molar-refractivity contribution < 1.29 is 14.4 Å². The Hall–Kier alpha value is -3.42. The maximum Gasteiger partial charge on any atom is 0.315 e. The average molecular weight is 409 g/mol. The number of anilines is 2. The van der Waals surface area contributed by atoms with Gasteiger partial charge in [0.2, 0.25) is 0 Å². The van der Waals surface area contributed by atoms with Crippen LogP contribution in [0.4, 0.5) is 11.5 Å². The zero-order chi connectivity index (χ0) is 21.8. The third-order valence-electron chi connectivity index (χ3n) is 5.35. The van der Waals surface area contributed by atoms with Crippen molar-refractivity contribution >= 4 is 29.2 Å². The molecule has 0 aliphatic carbocycles. The van der Waals surface area contributed by atoms with Crippen LogP contribution in [0.2, 0.25) is 0 Å². The molecule has 158 valence electrons. The SMILES string of the molecule is C[C@@H]1CC[C@@H](c2cccc(N(C)C)c2)N(C(=O)C(=O)Nc2ncccc2C(N)=O)C1. The number of hydrogen-bond donors (Lipinski definition) is 2. The van der Waals surface area contributed by atoms with Crippen LogP contribution in [0.3, 0.4) is 0 Å². The number of rotatable bonds is 4. The summed E-state index contributed by atoms with van der Waals surface area (Å²) in [7, 11) is 3.92. The molecule has 30 heavy (non-hydrogen) atoms. The van der Waals surface area contributed by atoms with Crippen molar-refractivity contribution in [3.8, 4) is 0 Å². The summed E-state index contributed by atoms with van der Waals surface area (Å²) in [6.07, 6.45) is 3.16. The number of piperidine rings is 1. The quantitative estimate of drug-likeness (QED) is 0.753. The summed E-state index contributed by atoms with van der Waals surface area (Å²) < 4.78 is 0. The van der Waals surface area contributed by atoms with Crippen LogP contribution in [0.25, 0.3) is 0 Å². The van der Waals surface area contributed by atoms with Crippen molar-refractivity contribution in [2.45, 2.75) is 25.8 Å². The van der Waals surface area contributed by atoms with Crippen molar-refractivity contribution in [2.75, 3.05) is 30.9 Å². The Kier molecular flexibility index (Phi) is 6.34. The van der Waals surface area contributed by atoms with E-state index < -0.39 is 17.7 Å². The van der Waals surface area contributed by atoms with Gasteiger partial charge in [0.15, 0.2) is 0 Å². The molecule has 0 spiro atoms. The van der Waals surface area contributed by atoms with Crippen LogP contribution in [-0.2, 0) is 9.59 Å². The number of carbonyl (C=O) groups is 3. The zero-order valence-electron chi connectivity index (χ0n) is 17.5. The first-order chi connectivity index (χ1) is 14.3. The number of carbonyl (C=O) groups excluding carboxylic acids is 3. The molecule has 0 unspecified atom stereocenters. The molecular formula is C22H27N5O3. The van der Waals surface area contributed by atoms with Gasteiger partial charge >= 0.3 is 11.8 Å². The van der Waals surface area contributed by atoms with Crippen LogP contribution in [0.5, 0.6) is 0 Å². The highest BCUT2D eigenvalue weighted by Crippen LogP contribution is 2.34. The fourth-order valence-electron chi connectivity index (χ4n) is 3.73. The summed E-state index contributed by atoms with van der Waals surface area (Å²) in [6, 6.07) is 10.8. The van der Waals surface area contributed by atoms with Crippen LogP contribution in [0.1, 0.15) is 41.7 Å². The third-order valence-corrected chi connectivity index (χ3v) is 5.35. The number of nitrogens with zero attached hydrogens (tertiary/aromatic N) is 3. The summed E-state index contributed by atoms with van der Waals surface area (Å²) in [5.41, 5.74) is 7.41. The maximum atomic E-state index is 13.1. The lowest BCUT2D eigenvalue weighted by Gasteiger charge is -2.38. The number of likely N-dealkylation sites (tertiary alicyclic amines) is 1. The first-order valence-corrected chi connectivity index (χ1v) is 9.92. The lowest BCUT2D eigenvalue weighted by atomic mass is 9.89. The summed E-state index contributed by atoms with van der Waals surface area (Å²) in [4.78, 5) is 45.0. The molecule has 1 aliphatic rings. The number of amides is 3. The van der Waals surface area contributed by atoms with Crippen LogP contribution in [0.15, 0.2) is 42.6 Å². The monoisotopic (exact) mass is 409 g/mol. The lowest BCUT2D eigenvalue weighted by molar-refractivity contribution is -0.146. The standard InChI is InChI=1S/C22H27N5O3/c1-14-9-10-18(15-6-4-7-16(12-15)26(2)3)27(13-14)22(30)21(29)25-20-17(19(23)28)8-5-11-24-20/h4-8,11-12,14,18H,9-10,13H2,1-3H3,(H2,23,28)(H,24,25,29)/t14-,18+/m1/s1. The summed E-state index contributed by atoms with van der Waals surface area (Å²) in [6.45, 7) is 2.54. The van der Waals surface area contributed by atoms with Crippen molar-refractivity contribution in [3.05, 3.63) is 53.7 Å². The van der Waals surface area contributed by atoms with Gasteiger partial charge in [-0.1, -0.05) is 19.1 Å². The molecule has 8 nitrogen and oxygen atoms in total. The minimum absolute atomic E-state index is 0.0143. The number of primary amides is 1. The normalized spacial score (nSPS) is 18.6. The predicted molar refractivity (Wildman–Crippen MR) is 115 cm³/mol. The highest BCUT2D eigenvalue weighted by Gasteiger charge is 2.34. The second-order valence-electron chi connectivity index (χ2n) is 7.86. The number of nitrogens with one attached hydrogen (secondary N) is 1. The molecule has 2 aromatic rings. The third kappa shape index (κ3) is 4.59. The highest BCUT2D eigenvalue weighted by atomic mass is 16.2. The molecule has 1 fully saturated rings. The van der Waals surface area contributed by atoms with Crippen LogP contribution < -0.4 is 16.0 Å². The Labute approximate surface area is 176 Å². The molecule has 1 aliphatic heterocycles. The Bertz CT molecular complexity index is 959. The van der Waals surface area contributed by atoms with Crippen molar-refractivity contribution in [1.82, 2.24) is 9.88 Å². The Morgan fingerprint density at radius 2 is 1.93 bits per heavy atom. The van der Waals surface area contributed by atoms with Gasteiger partial charge in [0, 0.05) is 32.5 Å². The van der Waals surface area contributed by atoms with Gasteiger partial charge in [-0.15, -0.1) is 0 Å². The van der Waals surface area contributed by atoms with Crippen molar-refractivity contribution in [2.24, 2.45) is 11.7 Å². The van der Waals surface area contributed by atoms with E-state index in [0.717, 1.165) is 24.1 Å². The molecule has 0 radical (unpaired) electrons. The van der Waals surface area contributed by atoms with Crippen molar-refractivity contribution in [1.29, 1.82) is 0 Å². The number of hydrogen-bond acceptors (Lipinski definition) is 5. The highest BCUT2D eigenvalue weighted by molar-refractivity contribution is 6.39. The van der Waals surface area contributed by atoms with E-state index in [1.54, 1.807) is 4.90 Å². The lowest BCUT2D eigenvalue weighted by Crippen LogP contribution is -2.46. The van der Waals surface area contributed by atoms with E-state index in [0.29, 0.717) is 6.54 Å². The first-order valence-electron chi connectivity index (χ1n) is 9.92. The van der Waals surface area contributed by atoms with Gasteiger partial charge in [-0.2, -0.15) is 0 Å². The van der Waals surface area contributed by atoms with Gasteiger partial charge in [0.25, 0.3) is 5.91 Å². The average Bonchev–Trinajstić information content (AvgIpc) is 2.73. The molecule has 2 heterocycles. The number of benzene rings is 1. The van der Waals surface area contributed by atoms with Crippen LogP contribution >= 0.6 is 0 Å². The molecule has 1 aromatic carbocycles. The molecule has 3 amide bonds. The fraction of sp³-hybridized carbons (Fsp3) is 0.364. The fourth-order valence-corrected chi connectivity index (χ4v) is 3.73. The smallest absolute Gasteiger partial charge is 0.315 e. The molecular weight excluding hydrogens is 382 g/mol. The van der Waals surface area contributed by atoms with Gasteiger partial charge in [-0.25, -0.2) is 4.98 Å². The van der Waals surface area contributed by atoms with Gasteiger partial charge < -0.3 is 20.9 Å². The van der Waals surface area contributed by atoms with Gasteiger partial charge in [-0.05, 0) is 48.6 Å². The van der Waals surface area contributed by atoms with Gasteiger partial charge in [-0.3, -0.25) is 14.4 Å². The first kappa shape index (κ1) is 21.3. The molecule has 3 rings (SSSR count). The van der Waals surface area contributed by atoms with Gasteiger partial charge in [0.05, 0.1) is 11.6 Å². The minimum atomic E-state index is -0.834. The predicted octanol–water partition coefficient (Wildman–Crippen LogP) is 2.18. The molecule has 0 saturated carbocycles. The topological polar surface area (TPSA) is 109 Å². The molecule has 3 N–H and O–H groups in total. The van der Waals surface area contributed by atoms with Crippen LogP contribution in [0, 0.1) is 5.92 Å². The van der Waals surface area contributed by atoms with E-state index in [1.807, 2.05) is 43.3 Å². The van der Waals surface area contributed by atoms with E-state index in [-0.39, 0.29) is 23.3 Å². The molecule has 1 saturated heterocycles. The van der Waals surface area contributed by atoms with E-state index in [9.17, 15) is 14.4 Å². The maximum absolute atomic E-state index is 13.1. The molecule has 0 bridgehead atoms. The number of pyridine rings is 1. The molecule has 8 heteroatoms. The van der Waals surface area contributed by atoms with E-state index in [4.69, 9.17) is 5.73 Å². The van der Waals surface area contributed by atoms with Crippen molar-refractivity contribution in [3.63, 3.8) is 0 Å². The summed E-state index contributed by atoms with van der Waals surface area (Å²) >= 11 is 0. The number of nitrogens with two attached hydrogens (primary N) is 1. The Balaban J connectivity index is 1.85. The zero-order valence-corrected chi connectivity index (χ0v) is 17.5. The Morgan fingerprint density at radius 3 is 2.63 bits per heavy atom. The molecule has 1 aromatic heterocycles. The van der Waals surface area contributed by atoms with Crippen LogP contribution in [-0.4, -0.2) is 48.2 Å². The van der Waals surface area contributed by atoms with Gasteiger partial charge in [0.1, 0.15) is 5.82 Å². The number of aromatic nitrogens is 1. The van der Waals surface area contributed by atoms with E-state index in [2.05, 4.69) is 17.2 Å².